The van der Waals surface area contributed by atoms with Crippen LogP contribution in [0.3, 0.4) is 0 Å². The second-order valence-corrected chi connectivity index (χ2v) is 2.85. The number of nitrogens with zero attached hydrogens (tertiary/aromatic N) is 2. The molecule has 2 aromatic heterocycles. The van der Waals surface area contributed by atoms with Gasteiger partial charge in [0.05, 0.1) is 11.9 Å². The summed E-state index contributed by atoms with van der Waals surface area (Å²) < 4.78 is 0. The van der Waals surface area contributed by atoms with Crippen molar-refractivity contribution in [2.24, 2.45) is 0 Å². The van der Waals surface area contributed by atoms with Crippen LogP contribution in [0.5, 0.6) is 0 Å². The molecule has 0 aliphatic heterocycles. The number of aryl methyl sites for hydroxylation is 1. The van der Waals surface area contributed by atoms with Gasteiger partial charge in [-0.2, -0.15) is 5.10 Å². The molecule has 0 fully saturated rings. The maximum Gasteiger partial charge on any atom is 0.0736 e. The van der Waals surface area contributed by atoms with Crippen molar-refractivity contribution in [1.82, 2.24) is 15.2 Å². The van der Waals surface area contributed by atoms with Crippen LogP contribution in [0.4, 0.5) is 0 Å². The Morgan fingerprint density at radius 1 is 1.38 bits per heavy atom. The van der Waals surface area contributed by atoms with Gasteiger partial charge in [-0.25, -0.2) is 0 Å². The van der Waals surface area contributed by atoms with Crippen molar-refractivity contribution in [3.8, 4) is 11.3 Å². The third-order valence-corrected chi connectivity index (χ3v) is 1.96. The van der Waals surface area contributed by atoms with E-state index in [0.29, 0.717) is 0 Å². The molecular formula is C10H11N3. The van der Waals surface area contributed by atoms with Crippen molar-refractivity contribution in [3.05, 3.63) is 36.3 Å². The summed E-state index contributed by atoms with van der Waals surface area (Å²) in [5, 5.41) is 6.66. The molecule has 0 bridgehead atoms. The smallest absolute Gasteiger partial charge is 0.0736 e. The Labute approximate surface area is 76.8 Å². The van der Waals surface area contributed by atoms with Crippen molar-refractivity contribution in [3.63, 3.8) is 0 Å². The Morgan fingerprint density at radius 2 is 2.31 bits per heavy atom. The molecule has 0 aromatic carbocycles. The fourth-order valence-electron chi connectivity index (χ4n) is 1.23. The van der Waals surface area contributed by atoms with Gasteiger partial charge in [0.2, 0.25) is 0 Å². The maximum atomic E-state index is 4.47. The van der Waals surface area contributed by atoms with Crippen LogP contribution in [-0.2, 0) is 6.42 Å². The van der Waals surface area contributed by atoms with E-state index in [9.17, 15) is 0 Å². The summed E-state index contributed by atoms with van der Waals surface area (Å²) in [5.74, 6) is 0. The van der Waals surface area contributed by atoms with Gasteiger partial charge in [-0.1, -0.05) is 13.0 Å². The number of H-pyrrole nitrogens is 1. The van der Waals surface area contributed by atoms with E-state index in [1.54, 1.807) is 6.20 Å². The van der Waals surface area contributed by atoms with Crippen molar-refractivity contribution < 1.29 is 0 Å². The highest BCUT2D eigenvalue weighted by Crippen LogP contribution is 2.14. The maximum absolute atomic E-state index is 4.47. The van der Waals surface area contributed by atoms with E-state index >= 15 is 0 Å². The molecular weight excluding hydrogens is 162 g/mol. The van der Waals surface area contributed by atoms with Crippen molar-refractivity contribution in [2.75, 3.05) is 0 Å². The average molecular weight is 173 g/mol. The largest absolute Gasteiger partial charge is 0.285 e. The minimum Gasteiger partial charge on any atom is -0.285 e. The molecule has 0 spiro atoms. The van der Waals surface area contributed by atoms with Crippen LogP contribution in [0.25, 0.3) is 11.3 Å². The fraction of sp³-hybridized carbons (Fsp3) is 0.200. The summed E-state index contributed by atoms with van der Waals surface area (Å²) in [7, 11) is 0. The summed E-state index contributed by atoms with van der Waals surface area (Å²) in [4.78, 5) is 4.47. The third kappa shape index (κ3) is 1.59. The molecule has 1 N–H and O–H groups in total. The first-order chi connectivity index (χ1) is 6.40. The molecule has 2 aromatic rings. The van der Waals surface area contributed by atoms with Gasteiger partial charge >= 0.3 is 0 Å². The van der Waals surface area contributed by atoms with E-state index in [0.717, 1.165) is 23.4 Å². The van der Waals surface area contributed by atoms with Crippen LogP contribution in [0, 0.1) is 0 Å². The number of pyridine rings is 1. The van der Waals surface area contributed by atoms with Crippen LogP contribution < -0.4 is 0 Å². The molecule has 3 nitrogen and oxygen atoms in total. The van der Waals surface area contributed by atoms with Crippen molar-refractivity contribution in [2.45, 2.75) is 13.3 Å². The second kappa shape index (κ2) is 3.39. The average Bonchev–Trinajstić information content (AvgIpc) is 2.71. The van der Waals surface area contributed by atoms with E-state index in [1.165, 1.54) is 0 Å². The number of hydrogen-bond acceptors (Lipinski definition) is 2. The highest BCUT2D eigenvalue weighted by Gasteiger charge is 1.99. The first-order valence-corrected chi connectivity index (χ1v) is 4.35. The minimum absolute atomic E-state index is 0.964. The van der Waals surface area contributed by atoms with Gasteiger partial charge in [-0.3, -0.25) is 10.1 Å². The normalized spacial score (nSPS) is 10.2. The van der Waals surface area contributed by atoms with Crippen LogP contribution in [0.1, 0.15) is 12.6 Å². The van der Waals surface area contributed by atoms with Gasteiger partial charge in [0.25, 0.3) is 0 Å². The quantitative estimate of drug-likeness (QED) is 0.755. The first kappa shape index (κ1) is 7.98. The molecule has 0 atom stereocenters. The van der Waals surface area contributed by atoms with Crippen LogP contribution in [-0.4, -0.2) is 15.2 Å². The molecule has 66 valence electrons. The lowest BCUT2D eigenvalue weighted by Crippen LogP contribution is -1.88. The number of aromatic nitrogens is 3. The molecule has 0 aliphatic carbocycles. The predicted molar refractivity (Wildman–Crippen MR) is 51.2 cm³/mol. The molecule has 0 unspecified atom stereocenters. The van der Waals surface area contributed by atoms with E-state index in [-0.39, 0.29) is 0 Å². The SMILES string of the molecule is CCc1cccc(-c2cn[nH]c2)n1. The van der Waals surface area contributed by atoms with Gasteiger partial charge in [0.1, 0.15) is 0 Å². The first-order valence-electron chi connectivity index (χ1n) is 4.35. The lowest BCUT2D eigenvalue weighted by molar-refractivity contribution is 1.04. The Bertz CT molecular complexity index is 379. The molecule has 0 amide bonds. The number of rotatable bonds is 2. The predicted octanol–water partition coefficient (Wildman–Crippen LogP) is 2.03. The van der Waals surface area contributed by atoms with Gasteiger partial charge < -0.3 is 0 Å². The second-order valence-electron chi connectivity index (χ2n) is 2.85. The molecule has 2 rings (SSSR count). The van der Waals surface area contributed by atoms with Gasteiger partial charge in [-0.15, -0.1) is 0 Å². The number of aromatic amines is 1. The third-order valence-electron chi connectivity index (χ3n) is 1.96. The number of nitrogens with one attached hydrogen (secondary N) is 1. The van der Waals surface area contributed by atoms with Gasteiger partial charge in [0, 0.05) is 17.5 Å². The van der Waals surface area contributed by atoms with Crippen LogP contribution >= 0.6 is 0 Å². The van der Waals surface area contributed by atoms with E-state index < -0.39 is 0 Å². The highest BCUT2D eigenvalue weighted by atomic mass is 15.1. The Kier molecular flexibility index (Phi) is 2.08. The standard InChI is InChI=1S/C10H11N3/c1-2-9-4-3-5-10(13-9)8-6-11-12-7-8/h3-7H,2H2,1H3,(H,11,12). The minimum atomic E-state index is 0.964. The fourth-order valence-corrected chi connectivity index (χ4v) is 1.23. The lowest BCUT2D eigenvalue weighted by atomic mass is 10.2. The van der Waals surface area contributed by atoms with Crippen molar-refractivity contribution in [1.29, 1.82) is 0 Å². The van der Waals surface area contributed by atoms with Crippen LogP contribution in [0.2, 0.25) is 0 Å². The zero-order valence-electron chi connectivity index (χ0n) is 7.49. The van der Waals surface area contributed by atoms with E-state index in [2.05, 4.69) is 22.1 Å². The van der Waals surface area contributed by atoms with Crippen molar-refractivity contribution >= 4 is 0 Å². The molecule has 0 saturated carbocycles. The summed E-state index contributed by atoms with van der Waals surface area (Å²) in [5.41, 5.74) is 3.13. The van der Waals surface area contributed by atoms with E-state index in [1.807, 2.05) is 24.4 Å². The zero-order valence-corrected chi connectivity index (χ0v) is 7.49. The summed E-state index contributed by atoms with van der Waals surface area (Å²) in [6, 6.07) is 6.04. The van der Waals surface area contributed by atoms with Crippen LogP contribution in [0.15, 0.2) is 30.6 Å². The monoisotopic (exact) mass is 173 g/mol. The molecule has 0 saturated heterocycles. The van der Waals surface area contributed by atoms with E-state index in [4.69, 9.17) is 0 Å². The Morgan fingerprint density at radius 3 is 3.00 bits per heavy atom. The highest BCUT2D eigenvalue weighted by molar-refractivity contribution is 5.56. The Balaban J connectivity index is 2.41. The Hall–Kier alpha value is -1.64. The molecule has 13 heavy (non-hydrogen) atoms. The molecule has 0 radical (unpaired) electrons. The summed E-state index contributed by atoms with van der Waals surface area (Å²) in [6.07, 6.45) is 4.59. The lowest BCUT2D eigenvalue weighted by Gasteiger charge is -1.98. The molecule has 2 heterocycles. The summed E-state index contributed by atoms with van der Waals surface area (Å²) in [6.45, 7) is 2.10. The van der Waals surface area contributed by atoms with Gasteiger partial charge in [-0.05, 0) is 18.6 Å². The topological polar surface area (TPSA) is 41.6 Å². The molecule has 3 heteroatoms. The number of hydrogen-bond donors (Lipinski definition) is 1. The van der Waals surface area contributed by atoms with Gasteiger partial charge in [0.15, 0.2) is 0 Å². The molecule has 0 aliphatic rings. The summed E-state index contributed by atoms with van der Waals surface area (Å²) >= 11 is 0. The zero-order chi connectivity index (χ0) is 9.10.